The lowest BCUT2D eigenvalue weighted by Crippen LogP contribution is -2.41. The predicted octanol–water partition coefficient (Wildman–Crippen LogP) is 3.89. The standard InChI is InChI=1S/C20H27N3O2/c1-14(23-11-5-6-12-23)15(2)24-19-7-3-4-8-20(19)25-16-9-10-17(21)18(22)13-16/h3-4,7-10,13-15H,5-6,11-12,21-22H2,1-2H3. The first-order valence-electron chi connectivity index (χ1n) is 8.87. The van der Waals surface area contributed by atoms with Crippen molar-refractivity contribution in [3.05, 3.63) is 42.5 Å². The molecule has 3 rings (SSSR count). The number of benzene rings is 2. The number of ether oxygens (including phenoxy) is 2. The first-order valence-corrected chi connectivity index (χ1v) is 8.87. The summed E-state index contributed by atoms with van der Waals surface area (Å²) in [5, 5.41) is 0. The van der Waals surface area contributed by atoms with Gasteiger partial charge in [-0.3, -0.25) is 4.90 Å². The van der Waals surface area contributed by atoms with Gasteiger partial charge in [0, 0.05) is 12.1 Å². The smallest absolute Gasteiger partial charge is 0.169 e. The zero-order chi connectivity index (χ0) is 17.8. The molecule has 2 atom stereocenters. The highest BCUT2D eigenvalue weighted by Gasteiger charge is 2.24. The van der Waals surface area contributed by atoms with Crippen LogP contribution < -0.4 is 20.9 Å². The third-order valence-electron chi connectivity index (χ3n) is 4.84. The highest BCUT2D eigenvalue weighted by Crippen LogP contribution is 2.34. The summed E-state index contributed by atoms with van der Waals surface area (Å²) >= 11 is 0. The fraction of sp³-hybridized carbons (Fsp3) is 0.400. The second-order valence-electron chi connectivity index (χ2n) is 6.65. The summed E-state index contributed by atoms with van der Waals surface area (Å²) in [7, 11) is 0. The van der Waals surface area contributed by atoms with Gasteiger partial charge in [0.1, 0.15) is 11.9 Å². The van der Waals surface area contributed by atoms with Crippen molar-refractivity contribution < 1.29 is 9.47 Å². The Morgan fingerprint density at radius 1 is 0.920 bits per heavy atom. The lowest BCUT2D eigenvalue weighted by Gasteiger charge is -2.30. The Morgan fingerprint density at radius 3 is 2.28 bits per heavy atom. The SMILES string of the molecule is CC(Oc1ccccc1Oc1ccc(N)c(N)c1)C(C)N1CCCC1. The van der Waals surface area contributed by atoms with Crippen LogP contribution in [0.2, 0.25) is 0 Å². The molecule has 134 valence electrons. The third-order valence-corrected chi connectivity index (χ3v) is 4.84. The topological polar surface area (TPSA) is 73.7 Å². The molecular weight excluding hydrogens is 314 g/mol. The number of nitrogens with two attached hydrogens (primary N) is 2. The van der Waals surface area contributed by atoms with E-state index in [0.717, 1.165) is 18.8 Å². The number of nitrogen functional groups attached to an aromatic ring is 2. The molecule has 0 bridgehead atoms. The largest absolute Gasteiger partial charge is 0.485 e. The van der Waals surface area contributed by atoms with Crippen LogP contribution in [0.3, 0.4) is 0 Å². The molecule has 5 nitrogen and oxygen atoms in total. The van der Waals surface area contributed by atoms with Gasteiger partial charge in [0.15, 0.2) is 11.5 Å². The van der Waals surface area contributed by atoms with Crippen LogP contribution in [0.4, 0.5) is 11.4 Å². The highest BCUT2D eigenvalue weighted by molar-refractivity contribution is 5.65. The van der Waals surface area contributed by atoms with Crippen LogP contribution in [-0.4, -0.2) is 30.1 Å². The van der Waals surface area contributed by atoms with E-state index in [1.807, 2.05) is 24.3 Å². The maximum atomic E-state index is 6.22. The van der Waals surface area contributed by atoms with Gasteiger partial charge in [-0.1, -0.05) is 12.1 Å². The zero-order valence-corrected chi connectivity index (χ0v) is 14.9. The average molecular weight is 341 g/mol. The third kappa shape index (κ3) is 4.17. The van der Waals surface area contributed by atoms with E-state index in [4.69, 9.17) is 20.9 Å². The van der Waals surface area contributed by atoms with Gasteiger partial charge in [0.2, 0.25) is 0 Å². The summed E-state index contributed by atoms with van der Waals surface area (Å²) in [6.07, 6.45) is 2.62. The molecule has 25 heavy (non-hydrogen) atoms. The van der Waals surface area contributed by atoms with Crippen LogP contribution in [-0.2, 0) is 0 Å². The van der Waals surface area contributed by atoms with E-state index in [1.165, 1.54) is 12.8 Å². The maximum absolute atomic E-state index is 6.22. The molecule has 0 spiro atoms. The first-order chi connectivity index (χ1) is 12.0. The highest BCUT2D eigenvalue weighted by atomic mass is 16.5. The van der Waals surface area contributed by atoms with E-state index in [0.29, 0.717) is 28.9 Å². The zero-order valence-electron chi connectivity index (χ0n) is 14.9. The van der Waals surface area contributed by atoms with Crippen molar-refractivity contribution in [2.24, 2.45) is 0 Å². The summed E-state index contributed by atoms with van der Waals surface area (Å²) < 4.78 is 12.2. The maximum Gasteiger partial charge on any atom is 0.169 e. The molecule has 2 aromatic rings. The van der Waals surface area contributed by atoms with E-state index in [1.54, 1.807) is 18.2 Å². The Kier molecular flexibility index (Phi) is 5.34. The molecule has 0 radical (unpaired) electrons. The molecular formula is C20H27N3O2. The summed E-state index contributed by atoms with van der Waals surface area (Å²) in [5.74, 6) is 2.05. The number of hydrogen-bond acceptors (Lipinski definition) is 5. The number of para-hydroxylation sites is 2. The van der Waals surface area contributed by atoms with Gasteiger partial charge in [-0.25, -0.2) is 0 Å². The van der Waals surface area contributed by atoms with Crippen molar-refractivity contribution >= 4 is 11.4 Å². The normalized spacial score (nSPS) is 17.2. The molecule has 0 aliphatic carbocycles. The van der Waals surface area contributed by atoms with Crippen molar-refractivity contribution in [3.8, 4) is 17.2 Å². The molecule has 2 unspecified atom stereocenters. The Morgan fingerprint density at radius 2 is 1.60 bits per heavy atom. The van der Waals surface area contributed by atoms with Gasteiger partial charge in [0.05, 0.1) is 11.4 Å². The minimum absolute atomic E-state index is 0.0688. The van der Waals surface area contributed by atoms with Gasteiger partial charge >= 0.3 is 0 Å². The lowest BCUT2D eigenvalue weighted by molar-refractivity contribution is 0.102. The molecule has 1 fully saturated rings. The van der Waals surface area contributed by atoms with E-state index < -0.39 is 0 Å². The van der Waals surface area contributed by atoms with Crippen molar-refractivity contribution in [2.75, 3.05) is 24.6 Å². The number of likely N-dealkylation sites (tertiary alicyclic amines) is 1. The molecule has 1 aliphatic rings. The summed E-state index contributed by atoms with van der Waals surface area (Å²) in [6, 6.07) is 13.3. The van der Waals surface area contributed by atoms with Crippen LogP contribution in [0.5, 0.6) is 17.2 Å². The first kappa shape index (κ1) is 17.4. The molecule has 0 amide bonds. The Balaban J connectivity index is 1.72. The predicted molar refractivity (Wildman–Crippen MR) is 102 cm³/mol. The molecule has 1 saturated heterocycles. The number of nitrogens with zero attached hydrogens (tertiary/aromatic N) is 1. The fourth-order valence-electron chi connectivity index (χ4n) is 3.12. The van der Waals surface area contributed by atoms with E-state index in [2.05, 4.69) is 18.7 Å². The fourth-order valence-corrected chi connectivity index (χ4v) is 3.12. The molecule has 2 aromatic carbocycles. The summed E-state index contributed by atoms with van der Waals surface area (Å²) in [4.78, 5) is 2.48. The van der Waals surface area contributed by atoms with Gasteiger partial charge in [-0.2, -0.15) is 0 Å². The molecule has 1 heterocycles. The van der Waals surface area contributed by atoms with Gasteiger partial charge in [-0.15, -0.1) is 0 Å². The van der Waals surface area contributed by atoms with E-state index in [-0.39, 0.29) is 6.10 Å². The Labute approximate surface area is 149 Å². The van der Waals surface area contributed by atoms with Crippen LogP contribution >= 0.6 is 0 Å². The minimum atomic E-state index is 0.0688. The second kappa shape index (κ2) is 7.66. The average Bonchev–Trinajstić information content (AvgIpc) is 3.13. The molecule has 0 saturated carbocycles. The minimum Gasteiger partial charge on any atom is -0.485 e. The van der Waals surface area contributed by atoms with Crippen LogP contribution in [0.15, 0.2) is 42.5 Å². The number of anilines is 2. The summed E-state index contributed by atoms with van der Waals surface area (Å²) in [6.45, 7) is 6.64. The molecule has 1 aliphatic heterocycles. The van der Waals surface area contributed by atoms with E-state index in [9.17, 15) is 0 Å². The van der Waals surface area contributed by atoms with Crippen molar-refractivity contribution in [3.63, 3.8) is 0 Å². The van der Waals surface area contributed by atoms with Crippen LogP contribution in [0.1, 0.15) is 26.7 Å². The van der Waals surface area contributed by atoms with Crippen molar-refractivity contribution in [1.82, 2.24) is 4.90 Å². The van der Waals surface area contributed by atoms with Crippen LogP contribution in [0, 0.1) is 0 Å². The quantitative estimate of drug-likeness (QED) is 0.780. The Hall–Kier alpha value is -2.40. The lowest BCUT2D eigenvalue weighted by atomic mass is 10.2. The van der Waals surface area contributed by atoms with Gasteiger partial charge < -0.3 is 20.9 Å². The number of rotatable bonds is 6. The van der Waals surface area contributed by atoms with Crippen molar-refractivity contribution in [1.29, 1.82) is 0 Å². The van der Waals surface area contributed by atoms with Gasteiger partial charge in [0.25, 0.3) is 0 Å². The van der Waals surface area contributed by atoms with E-state index >= 15 is 0 Å². The van der Waals surface area contributed by atoms with Crippen molar-refractivity contribution in [2.45, 2.75) is 38.8 Å². The monoisotopic (exact) mass is 341 g/mol. The van der Waals surface area contributed by atoms with Gasteiger partial charge in [-0.05, 0) is 64.0 Å². The molecule has 4 N–H and O–H groups in total. The van der Waals surface area contributed by atoms with Crippen LogP contribution in [0.25, 0.3) is 0 Å². The molecule has 5 heteroatoms. The Bertz CT molecular complexity index is 714. The second-order valence-corrected chi connectivity index (χ2v) is 6.65. The number of hydrogen-bond donors (Lipinski definition) is 2. The summed E-state index contributed by atoms with van der Waals surface area (Å²) in [5.41, 5.74) is 12.7. The molecule has 0 aromatic heterocycles.